The maximum atomic E-state index is 12.7. The molecule has 1 aromatic rings. The van der Waals surface area contributed by atoms with E-state index in [-0.39, 0.29) is 17.9 Å². The zero-order valence-corrected chi connectivity index (χ0v) is 18.7. The Kier molecular flexibility index (Phi) is 9.11. The summed E-state index contributed by atoms with van der Waals surface area (Å²) in [5.41, 5.74) is 2.59. The zero-order chi connectivity index (χ0) is 21.4. The third-order valence-electron chi connectivity index (χ3n) is 5.49. The minimum atomic E-state index is 0.0191. The average Bonchev–Trinajstić information content (AvgIpc) is 2.69. The van der Waals surface area contributed by atoms with Crippen LogP contribution in [0.4, 0.5) is 0 Å². The second-order valence-electron chi connectivity index (χ2n) is 8.77. The van der Waals surface area contributed by atoms with Crippen LogP contribution in [-0.4, -0.2) is 67.9 Å². The molecule has 6 heteroatoms. The third kappa shape index (κ3) is 7.44. The summed E-state index contributed by atoms with van der Waals surface area (Å²) in [5.74, 6) is 1.19. The molecule has 0 bridgehead atoms. The van der Waals surface area contributed by atoms with Crippen LogP contribution < -0.4 is 10.6 Å². The summed E-state index contributed by atoms with van der Waals surface area (Å²) in [6.07, 6.45) is 1.09. The van der Waals surface area contributed by atoms with Gasteiger partial charge in [-0.05, 0) is 29.4 Å². The van der Waals surface area contributed by atoms with E-state index in [1.54, 1.807) is 7.05 Å². The minimum Gasteiger partial charge on any atom is -0.358 e. The second-order valence-corrected chi connectivity index (χ2v) is 8.77. The molecule has 1 aliphatic rings. The van der Waals surface area contributed by atoms with Crippen molar-refractivity contribution in [3.05, 3.63) is 35.4 Å². The summed E-state index contributed by atoms with van der Waals surface area (Å²) < 4.78 is 0. The Morgan fingerprint density at radius 3 is 2.14 bits per heavy atom. The van der Waals surface area contributed by atoms with Crippen LogP contribution >= 0.6 is 0 Å². The van der Waals surface area contributed by atoms with Gasteiger partial charge in [0.2, 0.25) is 11.8 Å². The number of nitrogens with one attached hydrogen (secondary N) is 2. The van der Waals surface area contributed by atoms with Crippen LogP contribution in [0.2, 0.25) is 0 Å². The summed E-state index contributed by atoms with van der Waals surface area (Å²) >= 11 is 0. The van der Waals surface area contributed by atoms with E-state index in [0.29, 0.717) is 38.0 Å². The van der Waals surface area contributed by atoms with Gasteiger partial charge in [-0.25, -0.2) is 0 Å². The Bertz CT molecular complexity index is 649. The molecule has 0 spiro atoms. The summed E-state index contributed by atoms with van der Waals surface area (Å²) in [4.78, 5) is 28.2. The molecule has 0 radical (unpaired) electrons. The Labute approximate surface area is 176 Å². The number of carbonyl (C=O) groups excluding carboxylic acids is 2. The van der Waals surface area contributed by atoms with Crippen molar-refractivity contribution in [3.8, 4) is 0 Å². The van der Waals surface area contributed by atoms with E-state index in [9.17, 15) is 9.59 Å². The van der Waals surface area contributed by atoms with Crippen molar-refractivity contribution in [2.75, 3.05) is 46.3 Å². The number of hydrogen-bond donors (Lipinski definition) is 2. The molecule has 1 fully saturated rings. The summed E-state index contributed by atoms with van der Waals surface area (Å²) in [6, 6.07) is 8.95. The first kappa shape index (κ1) is 23.4. The van der Waals surface area contributed by atoms with Crippen molar-refractivity contribution in [2.24, 2.45) is 11.8 Å². The first-order valence-electron chi connectivity index (χ1n) is 10.8. The van der Waals surface area contributed by atoms with Crippen LogP contribution in [0.1, 0.15) is 44.9 Å². The second kappa shape index (κ2) is 11.3. The quantitative estimate of drug-likeness (QED) is 0.664. The van der Waals surface area contributed by atoms with E-state index < -0.39 is 0 Å². The van der Waals surface area contributed by atoms with E-state index in [1.807, 2.05) is 4.90 Å². The number of hydrogen-bond acceptors (Lipinski definition) is 4. The fourth-order valence-corrected chi connectivity index (χ4v) is 3.82. The molecule has 162 valence electrons. The van der Waals surface area contributed by atoms with Gasteiger partial charge in [-0.2, -0.15) is 0 Å². The molecule has 1 aromatic carbocycles. The van der Waals surface area contributed by atoms with Crippen LogP contribution in [-0.2, 0) is 16.0 Å². The minimum absolute atomic E-state index is 0.0191. The summed E-state index contributed by atoms with van der Waals surface area (Å²) in [5, 5.41) is 6.12. The number of piperazine rings is 1. The van der Waals surface area contributed by atoms with Gasteiger partial charge in [0.25, 0.3) is 0 Å². The molecule has 0 unspecified atom stereocenters. The number of rotatable bonds is 9. The molecule has 1 saturated heterocycles. The van der Waals surface area contributed by atoms with Crippen LogP contribution in [0.25, 0.3) is 0 Å². The molecular weight excluding hydrogens is 364 g/mol. The summed E-state index contributed by atoms with van der Waals surface area (Å²) in [7, 11) is 1.65. The molecular formula is C23H38N4O2. The lowest BCUT2D eigenvalue weighted by atomic mass is 9.93. The van der Waals surface area contributed by atoms with Crippen molar-refractivity contribution < 1.29 is 9.59 Å². The molecule has 6 nitrogen and oxygen atoms in total. The van der Waals surface area contributed by atoms with E-state index in [0.717, 1.165) is 19.5 Å². The highest BCUT2D eigenvalue weighted by Crippen LogP contribution is 2.22. The van der Waals surface area contributed by atoms with E-state index in [1.165, 1.54) is 11.1 Å². The summed E-state index contributed by atoms with van der Waals surface area (Å²) in [6.45, 7) is 12.4. The van der Waals surface area contributed by atoms with Crippen molar-refractivity contribution in [1.82, 2.24) is 20.4 Å². The number of nitrogens with zero attached hydrogens (tertiary/aromatic N) is 2. The lowest BCUT2D eigenvalue weighted by Gasteiger charge is -2.34. The topological polar surface area (TPSA) is 64.7 Å². The Balaban J connectivity index is 1.86. The first-order valence-corrected chi connectivity index (χ1v) is 10.8. The highest BCUT2D eigenvalue weighted by atomic mass is 16.2. The maximum absolute atomic E-state index is 12.7. The van der Waals surface area contributed by atoms with Crippen molar-refractivity contribution in [2.45, 2.75) is 40.2 Å². The van der Waals surface area contributed by atoms with Gasteiger partial charge in [-0.3, -0.25) is 14.5 Å². The Morgan fingerprint density at radius 2 is 1.62 bits per heavy atom. The van der Waals surface area contributed by atoms with Gasteiger partial charge in [0.1, 0.15) is 0 Å². The van der Waals surface area contributed by atoms with Gasteiger partial charge in [0.05, 0.1) is 13.1 Å². The van der Waals surface area contributed by atoms with Crippen LogP contribution in [0, 0.1) is 11.8 Å². The van der Waals surface area contributed by atoms with Crippen molar-refractivity contribution >= 4 is 11.8 Å². The number of carbonyl (C=O) groups is 2. The molecule has 1 atom stereocenters. The van der Waals surface area contributed by atoms with Gasteiger partial charge in [-0.1, -0.05) is 52.0 Å². The smallest absolute Gasteiger partial charge is 0.236 e. The monoisotopic (exact) mass is 402 g/mol. The highest BCUT2D eigenvalue weighted by molar-refractivity contribution is 5.79. The fourth-order valence-electron chi connectivity index (χ4n) is 3.82. The molecule has 2 amide bonds. The van der Waals surface area contributed by atoms with Gasteiger partial charge in [-0.15, -0.1) is 0 Å². The van der Waals surface area contributed by atoms with Gasteiger partial charge in [0.15, 0.2) is 0 Å². The molecule has 0 aromatic heterocycles. The predicted octanol–water partition coefficient (Wildman–Crippen LogP) is 2.06. The molecule has 2 rings (SSSR count). The maximum Gasteiger partial charge on any atom is 0.236 e. The highest BCUT2D eigenvalue weighted by Gasteiger charge is 2.23. The standard InChI is InChI=1S/C23H38N4O2/c1-17(2)14-19-6-8-20(9-7-19)23(18(3)4)25-15-22(29)27-12-10-26(11-13-27)16-21(28)24-5/h6-9,17-18,23,25H,10-16H2,1-5H3,(H,24,28)/t23-/m1/s1. The molecule has 1 aliphatic heterocycles. The van der Waals surface area contributed by atoms with Gasteiger partial charge < -0.3 is 15.5 Å². The lowest BCUT2D eigenvalue weighted by molar-refractivity contribution is -0.132. The number of likely N-dealkylation sites (N-methyl/N-ethyl adjacent to an activating group) is 1. The first-order chi connectivity index (χ1) is 13.8. The molecule has 0 aliphatic carbocycles. The fraction of sp³-hybridized carbons (Fsp3) is 0.652. The molecule has 0 saturated carbocycles. The van der Waals surface area contributed by atoms with Crippen LogP contribution in [0.15, 0.2) is 24.3 Å². The van der Waals surface area contributed by atoms with E-state index >= 15 is 0 Å². The normalized spacial score (nSPS) is 16.3. The Hall–Kier alpha value is -1.92. The van der Waals surface area contributed by atoms with E-state index in [2.05, 4.69) is 67.5 Å². The number of amides is 2. The third-order valence-corrected chi connectivity index (χ3v) is 5.49. The number of benzene rings is 1. The van der Waals surface area contributed by atoms with E-state index in [4.69, 9.17) is 0 Å². The van der Waals surface area contributed by atoms with Crippen LogP contribution in [0.5, 0.6) is 0 Å². The molecule has 1 heterocycles. The van der Waals surface area contributed by atoms with Crippen molar-refractivity contribution in [3.63, 3.8) is 0 Å². The zero-order valence-electron chi connectivity index (χ0n) is 18.7. The molecule has 29 heavy (non-hydrogen) atoms. The lowest BCUT2D eigenvalue weighted by Crippen LogP contribution is -2.52. The van der Waals surface area contributed by atoms with Crippen molar-refractivity contribution in [1.29, 1.82) is 0 Å². The van der Waals surface area contributed by atoms with Crippen LogP contribution in [0.3, 0.4) is 0 Å². The Morgan fingerprint density at radius 1 is 1.00 bits per heavy atom. The average molecular weight is 403 g/mol. The van der Waals surface area contributed by atoms with Gasteiger partial charge >= 0.3 is 0 Å². The predicted molar refractivity (Wildman–Crippen MR) is 118 cm³/mol. The molecule has 2 N–H and O–H groups in total. The van der Waals surface area contributed by atoms with Gasteiger partial charge in [0, 0.05) is 39.3 Å². The SMILES string of the molecule is CNC(=O)CN1CCN(C(=O)CN[C@@H](c2ccc(CC(C)C)cc2)C(C)C)CC1. The largest absolute Gasteiger partial charge is 0.358 e.